The number of nitrogens with zero attached hydrogens (tertiary/aromatic N) is 1. The first-order chi connectivity index (χ1) is 5.20. The Balaban J connectivity index is 2.42. The summed E-state index contributed by atoms with van der Waals surface area (Å²) in [6, 6.07) is -0.0435. The van der Waals surface area contributed by atoms with Crippen molar-refractivity contribution in [2.45, 2.75) is 6.42 Å². The van der Waals surface area contributed by atoms with Gasteiger partial charge in [0.2, 0.25) is 0 Å². The molecular formula is C7H11ClN2O. The normalized spacial score (nSPS) is 17.9. The van der Waals surface area contributed by atoms with Crippen molar-refractivity contribution < 1.29 is 4.79 Å². The van der Waals surface area contributed by atoms with Crippen LogP contribution in [0.1, 0.15) is 6.42 Å². The van der Waals surface area contributed by atoms with Crippen LogP contribution in [0.3, 0.4) is 0 Å². The molecule has 1 saturated heterocycles. The summed E-state index contributed by atoms with van der Waals surface area (Å²) >= 11 is 5.56. The lowest BCUT2D eigenvalue weighted by Crippen LogP contribution is -2.46. The van der Waals surface area contributed by atoms with E-state index in [1.807, 2.05) is 0 Å². The van der Waals surface area contributed by atoms with Crippen molar-refractivity contribution in [1.82, 2.24) is 10.2 Å². The Hall–Kier alpha value is -0.700. The van der Waals surface area contributed by atoms with Crippen molar-refractivity contribution in [2.24, 2.45) is 0 Å². The van der Waals surface area contributed by atoms with E-state index in [-0.39, 0.29) is 6.03 Å². The number of carbonyl (C=O) groups excluding carboxylic acids is 1. The minimum Gasteiger partial charge on any atom is -0.338 e. The highest BCUT2D eigenvalue weighted by Crippen LogP contribution is 2.05. The Kier molecular flexibility index (Phi) is 2.76. The average Bonchev–Trinajstić information content (AvgIpc) is 1.93. The summed E-state index contributed by atoms with van der Waals surface area (Å²) in [6.45, 7) is 5.52. The Labute approximate surface area is 71.0 Å². The molecule has 1 fully saturated rings. The van der Waals surface area contributed by atoms with Gasteiger partial charge in [-0.3, -0.25) is 0 Å². The molecule has 0 spiro atoms. The van der Waals surface area contributed by atoms with Crippen LogP contribution in [0, 0.1) is 0 Å². The molecule has 1 aliphatic rings. The molecule has 0 aromatic heterocycles. The van der Waals surface area contributed by atoms with Crippen molar-refractivity contribution in [2.75, 3.05) is 19.6 Å². The van der Waals surface area contributed by atoms with E-state index in [2.05, 4.69) is 11.9 Å². The Morgan fingerprint density at radius 3 is 3.09 bits per heavy atom. The van der Waals surface area contributed by atoms with Crippen LogP contribution < -0.4 is 5.32 Å². The summed E-state index contributed by atoms with van der Waals surface area (Å²) in [5.74, 6) is 0. The molecule has 0 aromatic carbocycles. The van der Waals surface area contributed by atoms with Gasteiger partial charge in [-0.15, -0.1) is 0 Å². The number of carbonyl (C=O) groups is 1. The third-order valence-corrected chi connectivity index (χ3v) is 1.65. The van der Waals surface area contributed by atoms with Crippen LogP contribution in [-0.2, 0) is 0 Å². The lowest BCUT2D eigenvalue weighted by Gasteiger charge is -2.26. The first-order valence-electron chi connectivity index (χ1n) is 3.56. The van der Waals surface area contributed by atoms with Gasteiger partial charge >= 0.3 is 6.03 Å². The highest BCUT2D eigenvalue weighted by molar-refractivity contribution is 6.29. The SMILES string of the molecule is C=C(Cl)CN1CCCNC1=O. The van der Waals surface area contributed by atoms with Crippen LogP contribution in [-0.4, -0.2) is 30.6 Å². The first kappa shape index (κ1) is 8.40. The van der Waals surface area contributed by atoms with Crippen LogP contribution in [0.4, 0.5) is 4.79 Å². The van der Waals surface area contributed by atoms with E-state index in [1.54, 1.807) is 4.90 Å². The molecule has 0 aromatic rings. The minimum absolute atomic E-state index is 0.0435. The number of rotatable bonds is 2. The smallest absolute Gasteiger partial charge is 0.317 e. The van der Waals surface area contributed by atoms with Crippen molar-refractivity contribution in [3.8, 4) is 0 Å². The molecule has 0 radical (unpaired) electrons. The third kappa shape index (κ3) is 2.42. The number of urea groups is 1. The van der Waals surface area contributed by atoms with Gasteiger partial charge in [0.1, 0.15) is 0 Å². The summed E-state index contributed by atoms with van der Waals surface area (Å²) in [5.41, 5.74) is 0. The molecule has 0 unspecified atom stereocenters. The molecule has 4 heteroatoms. The summed E-state index contributed by atoms with van der Waals surface area (Å²) in [7, 11) is 0. The van der Waals surface area contributed by atoms with Crippen molar-refractivity contribution in [1.29, 1.82) is 0 Å². The van der Waals surface area contributed by atoms with Gasteiger partial charge in [0.25, 0.3) is 0 Å². The quantitative estimate of drug-likeness (QED) is 0.670. The van der Waals surface area contributed by atoms with E-state index < -0.39 is 0 Å². The fraction of sp³-hybridized carbons (Fsp3) is 0.571. The lowest BCUT2D eigenvalue weighted by molar-refractivity contribution is 0.192. The highest BCUT2D eigenvalue weighted by Gasteiger charge is 2.16. The third-order valence-electron chi connectivity index (χ3n) is 1.53. The number of nitrogens with one attached hydrogen (secondary N) is 1. The van der Waals surface area contributed by atoms with Gasteiger partial charge in [-0.25, -0.2) is 4.79 Å². The second-order valence-electron chi connectivity index (χ2n) is 2.52. The fourth-order valence-corrected chi connectivity index (χ4v) is 1.18. The second-order valence-corrected chi connectivity index (χ2v) is 3.06. The number of amides is 2. The molecule has 62 valence electrons. The van der Waals surface area contributed by atoms with Gasteiger partial charge in [-0.2, -0.15) is 0 Å². The molecule has 0 aliphatic carbocycles. The maximum absolute atomic E-state index is 11.0. The van der Waals surface area contributed by atoms with Gasteiger partial charge in [0.15, 0.2) is 0 Å². The van der Waals surface area contributed by atoms with Gasteiger partial charge in [0, 0.05) is 18.1 Å². The van der Waals surface area contributed by atoms with Gasteiger partial charge < -0.3 is 10.2 Å². The second kappa shape index (κ2) is 3.62. The largest absolute Gasteiger partial charge is 0.338 e. The zero-order valence-corrected chi connectivity index (χ0v) is 7.02. The molecule has 1 N–H and O–H groups in total. The van der Waals surface area contributed by atoms with Gasteiger partial charge in [-0.05, 0) is 6.42 Å². The first-order valence-corrected chi connectivity index (χ1v) is 3.94. The maximum Gasteiger partial charge on any atom is 0.317 e. The van der Waals surface area contributed by atoms with Crippen molar-refractivity contribution in [3.05, 3.63) is 11.6 Å². The zero-order valence-electron chi connectivity index (χ0n) is 6.27. The monoisotopic (exact) mass is 174 g/mol. The van der Waals surface area contributed by atoms with Gasteiger partial charge in [0.05, 0.1) is 6.54 Å². The molecule has 11 heavy (non-hydrogen) atoms. The van der Waals surface area contributed by atoms with Crippen molar-refractivity contribution in [3.63, 3.8) is 0 Å². The molecule has 1 rings (SSSR count). The summed E-state index contributed by atoms with van der Waals surface area (Å²) in [5, 5.41) is 3.23. The topological polar surface area (TPSA) is 32.3 Å². The lowest BCUT2D eigenvalue weighted by atomic mass is 10.3. The molecule has 3 nitrogen and oxygen atoms in total. The Morgan fingerprint density at radius 1 is 1.82 bits per heavy atom. The zero-order chi connectivity index (χ0) is 8.27. The molecule has 0 atom stereocenters. The minimum atomic E-state index is -0.0435. The molecule has 0 saturated carbocycles. The van der Waals surface area contributed by atoms with Crippen molar-refractivity contribution >= 4 is 17.6 Å². The van der Waals surface area contributed by atoms with E-state index >= 15 is 0 Å². The summed E-state index contributed by atoms with van der Waals surface area (Å²) < 4.78 is 0. The highest BCUT2D eigenvalue weighted by atomic mass is 35.5. The van der Waals surface area contributed by atoms with E-state index in [4.69, 9.17) is 11.6 Å². The predicted octanol–water partition coefficient (Wildman–Crippen LogP) is 1.15. The van der Waals surface area contributed by atoms with Crippen LogP contribution in [0.15, 0.2) is 11.6 Å². The molecule has 0 bridgehead atoms. The fourth-order valence-electron chi connectivity index (χ4n) is 1.04. The molecule has 1 heterocycles. The Morgan fingerprint density at radius 2 is 2.55 bits per heavy atom. The standard InChI is InChI=1S/C7H11ClN2O/c1-6(8)5-10-4-2-3-9-7(10)11/h1-5H2,(H,9,11). The van der Waals surface area contributed by atoms with E-state index in [1.165, 1.54) is 0 Å². The average molecular weight is 175 g/mol. The maximum atomic E-state index is 11.0. The number of hydrogen-bond donors (Lipinski definition) is 1. The molecular weight excluding hydrogens is 164 g/mol. The van der Waals surface area contributed by atoms with Crippen LogP contribution >= 0.6 is 11.6 Å². The van der Waals surface area contributed by atoms with E-state index in [9.17, 15) is 4.79 Å². The number of halogens is 1. The van der Waals surface area contributed by atoms with Crippen LogP contribution in [0.25, 0.3) is 0 Å². The van der Waals surface area contributed by atoms with E-state index in [0.717, 1.165) is 19.5 Å². The number of hydrogen-bond acceptors (Lipinski definition) is 1. The van der Waals surface area contributed by atoms with Crippen LogP contribution in [0.2, 0.25) is 0 Å². The summed E-state index contributed by atoms with van der Waals surface area (Å²) in [6.07, 6.45) is 0.982. The summed E-state index contributed by atoms with van der Waals surface area (Å²) in [4.78, 5) is 12.7. The Bertz CT molecular complexity index is 181. The van der Waals surface area contributed by atoms with Gasteiger partial charge in [-0.1, -0.05) is 18.2 Å². The van der Waals surface area contributed by atoms with E-state index in [0.29, 0.717) is 11.6 Å². The molecule has 1 aliphatic heterocycles. The van der Waals surface area contributed by atoms with Crippen LogP contribution in [0.5, 0.6) is 0 Å². The predicted molar refractivity (Wildman–Crippen MR) is 44.6 cm³/mol. The molecule has 2 amide bonds.